The Morgan fingerprint density at radius 1 is 1.44 bits per heavy atom. The van der Waals surface area contributed by atoms with Crippen molar-refractivity contribution in [3.63, 3.8) is 0 Å². The monoisotopic (exact) mass is 249 g/mol. The number of hydrogen-bond donors (Lipinski definition) is 1. The van der Waals surface area contributed by atoms with Crippen LogP contribution in [0.1, 0.15) is 31.9 Å². The van der Waals surface area contributed by atoms with Gasteiger partial charge in [0, 0.05) is 12.6 Å². The van der Waals surface area contributed by atoms with E-state index >= 15 is 0 Å². The van der Waals surface area contributed by atoms with E-state index in [2.05, 4.69) is 24.4 Å². The smallest absolute Gasteiger partial charge is 0.309 e. The first-order valence-corrected chi connectivity index (χ1v) is 6.32. The summed E-state index contributed by atoms with van der Waals surface area (Å²) in [6, 6.07) is 10.2. The minimum absolute atomic E-state index is 0.0762. The second-order valence-electron chi connectivity index (χ2n) is 4.42. The third kappa shape index (κ3) is 3.09. The van der Waals surface area contributed by atoms with Crippen LogP contribution in [0.2, 0.25) is 0 Å². The van der Waals surface area contributed by atoms with Crippen molar-refractivity contribution < 1.29 is 14.3 Å². The van der Waals surface area contributed by atoms with Crippen LogP contribution in [0.4, 0.5) is 0 Å². The number of nitrogens with one attached hydrogen (secondary N) is 1. The molecule has 98 valence electrons. The fourth-order valence-corrected chi connectivity index (χ4v) is 2.15. The van der Waals surface area contributed by atoms with Crippen molar-refractivity contribution in [2.45, 2.75) is 38.6 Å². The van der Waals surface area contributed by atoms with E-state index < -0.39 is 6.29 Å². The molecule has 4 nitrogen and oxygen atoms in total. The molecule has 0 aromatic heterocycles. The van der Waals surface area contributed by atoms with Gasteiger partial charge in [0.15, 0.2) is 0 Å². The van der Waals surface area contributed by atoms with Gasteiger partial charge in [0.1, 0.15) is 0 Å². The number of carbonyl (C=O) groups is 1. The molecule has 0 saturated carbocycles. The normalized spacial score (nSPS) is 24.9. The molecule has 1 aromatic carbocycles. The van der Waals surface area contributed by atoms with E-state index in [1.165, 1.54) is 5.56 Å². The first-order chi connectivity index (χ1) is 8.70. The van der Waals surface area contributed by atoms with Crippen LogP contribution in [-0.2, 0) is 14.3 Å². The van der Waals surface area contributed by atoms with Crippen molar-refractivity contribution in [2.24, 2.45) is 0 Å². The second kappa shape index (κ2) is 5.98. The number of benzene rings is 1. The van der Waals surface area contributed by atoms with Crippen molar-refractivity contribution in [3.05, 3.63) is 35.9 Å². The molecule has 1 aromatic rings. The van der Waals surface area contributed by atoms with Gasteiger partial charge in [0.05, 0.1) is 12.5 Å². The molecule has 3 atom stereocenters. The number of carbonyl (C=O) groups excluding carboxylic acids is 1. The van der Waals surface area contributed by atoms with Crippen LogP contribution < -0.4 is 5.32 Å². The van der Waals surface area contributed by atoms with E-state index in [1.807, 2.05) is 25.1 Å². The summed E-state index contributed by atoms with van der Waals surface area (Å²) in [5.41, 5.74) is 1.19. The van der Waals surface area contributed by atoms with Gasteiger partial charge in [-0.1, -0.05) is 30.3 Å². The lowest BCUT2D eigenvalue weighted by Crippen LogP contribution is -2.39. The highest BCUT2D eigenvalue weighted by Gasteiger charge is 2.36. The standard InChI is InChI=1S/C14H19NO3/c1-3-17-14-12(9-13(16)18-14)15-10(2)11-7-5-4-6-8-11/h4-8,10,12,14-15H,3,9H2,1-2H3. The number of ether oxygens (including phenoxy) is 2. The van der Waals surface area contributed by atoms with Crippen LogP contribution in [-0.4, -0.2) is 24.9 Å². The number of hydrogen-bond acceptors (Lipinski definition) is 4. The number of cyclic esters (lactones) is 1. The molecule has 18 heavy (non-hydrogen) atoms. The van der Waals surface area contributed by atoms with Gasteiger partial charge in [-0.2, -0.15) is 0 Å². The summed E-state index contributed by atoms with van der Waals surface area (Å²) >= 11 is 0. The quantitative estimate of drug-likeness (QED) is 0.811. The molecule has 1 fully saturated rings. The maximum absolute atomic E-state index is 11.3. The Balaban J connectivity index is 1.97. The van der Waals surface area contributed by atoms with Gasteiger partial charge in [-0.25, -0.2) is 0 Å². The molecular weight excluding hydrogens is 230 g/mol. The number of rotatable bonds is 5. The van der Waals surface area contributed by atoms with Gasteiger partial charge in [-0.05, 0) is 19.4 Å². The summed E-state index contributed by atoms with van der Waals surface area (Å²) in [7, 11) is 0. The second-order valence-corrected chi connectivity index (χ2v) is 4.42. The highest BCUT2D eigenvalue weighted by molar-refractivity contribution is 5.72. The average Bonchev–Trinajstić information content (AvgIpc) is 2.71. The molecule has 3 unspecified atom stereocenters. The zero-order valence-electron chi connectivity index (χ0n) is 10.8. The molecule has 1 aliphatic rings. The molecular formula is C14H19NO3. The summed E-state index contributed by atoms with van der Waals surface area (Å²) in [6.07, 6.45) is -0.101. The lowest BCUT2D eigenvalue weighted by Gasteiger charge is -2.22. The van der Waals surface area contributed by atoms with Crippen molar-refractivity contribution in [1.29, 1.82) is 0 Å². The molecule has 1 N–H and O–H groups in total. The minimum atomic E-state index is -0.464. The molecule has 0 aliphatic carbocycles. The van der Waals surface area contributed by atoms with E-state index in [0.29, 0.717) is 13.0 Å². The van der Waals surface area contributed by atoms with Gasteiger partial charge < -0.3 is 14.8 Å². The molecule has 0 radical (unpaired) electrons. The molecule has 1 heterocycles. The summed E-state index contributed by atoms with van der Waals surface area (Å²) in [5, 5.41) is 3.39. The third-order valence-corrected chi connectivity index (χ3v) is 3.06. The first-order valence-electron chi connectivity index (χ1n) is 6.32. The molecule has 1 saturated heterocycles. The van der Waals surface area contributed by atoms with E-state index in [0.717, 1.165) is 0 Å². The van der Waals surface area contributed by atoms with Gasteiger partial charge in [0.25, 0.3) is 0 Å². The summed E-state index contributed by atoms with van der Waals surface area (Å²) in [6.45, 7) is 4.50. The summed E-state index contributed by atoms with van der Waals surface area (Å²) in [5.74, 6) is -0.203. The molecule has 2 rings (SSSR count). The molecule has 0 bridgehead atoms. The molecule has 0 amide bonds. The average molecular weight is 249 g/mol. The summed E-state index contributed by atoms with van der Waals surface area (Å²) < 4.78 is 10.5. The van der Waals surface area contributed by atoms with E-state index in [1.54, 1.807) is 0 Å². The van der Waals surface area contributed by atoms with E-state index in [4.69, 9.17) is 9.47 Å². The Kier molecular flexibility index (Phi) is 4.33. The number of esters is 1. The predicted octanol–water partition coefficient (Wildman–Crippen LogP) is 2.02. The van der Waals surface area contributed by atoms with E-state index in [-0.39, 0.29) is 18.1 Å². The molecule has 4 heteroatoms. The largest absolute Gasteiger partial charge is 0.434 e. The zero-order valence-corrected chi connectivity index (χ0v) is 10.8. The van der Waals surface area contributed by atoms with E-state index in [9.17, 15) is 4.79 Å². The fraction of sp³-hybridized carbons (Fsp3) is 0.500. The van der Waals surface area contributed by atoms with Gasteiger partial charge in [-0.15, -0.1) is 0 Å². The van der Waals surface area contributed by atoms with Crippen LogP contribution in [0.15, 0.2) is 30.3 Å². The van der Waals surface area contributed by atoms with Gasteiger partial charge in [0.2, 0.25) is 6.29 Å². The van der Waals surface area contributed by atoms with Crippen LogP contribution in [0.25, 0.3) is 0 Å². The van der Waals surface area contributed by atoms with Crippen molar-refractivity contribution in [3.8, 4) is 0 Å². The van der Waals surface area contributed by atoms with Gasteiger partial charge >= 0.3 is 5.97 Å². The topological polar surface area (TPSA) is 47.6 Å². The van der Waals surface area contributed by atoms with Crippen LogP contribution in [0.5, 0.6) is 0 Å². The zero-order chi connectivity index (χ0) is 13.0. The Bertz CT molecular complexity index is 393. The first kappa shape index (κ1) is 13.1. The third-order valence-electron chi connectivity index (χ3n) is 3.06. The van der Waals surface area contributed by atoms with Crippen molar-refractivity contribution >= 4 is 5.97 Å². The molecule has 1 aliphatic heterocycles. The predicted molar refractivity (Wildman–Crippen MR) is 67.9 cm³/mol. The lowest BCUT2D eigenvalue weighted by atomic mass is 10.1. The lowest BCUT2D eigenvalue weighted by molar-refractivity contribution is -0.163. The minimum Gasteiger partial charge on any atom is -0.434 e. The highest BCUT2D eigenvalue weighted by Crippen LogP contribution is 2.20. The van der Waals surface area contributed by atoms with Crippen LogP contribution in [0, 0.1) is 0 Å². The van der Waals surface area contributed by atoms with Crippen LogP contribution >= 0.6 is 0 Å². The Morgan fingerprint density at radius 2 is 2.17 bits per heavy atom. The Labute approximate surface area is 107 Å². The van der Waals surface area contributed by atoms with Crippen LogP contribution in [0.3, 0.4) is 0 Å². The van der Waals surface area contributed by atoms with Gasteiger partial charge in [-0.3, -0.25) is 4.79 Å². The Hall–Kier alpha value is -1.39. The maximum Gasteiger partial charge on any atom is 0.309 e. The van der Waals surface area contributed by atoms with Crippen molar-refractivity contribution in [2.75, 3.05) is 6.61 Å². The van der Waals surface area contributed by atoms with Crippen molar-refractivity contribution in [1.82, 2.24) is 5.32 Å². The molecule has 0 spiro atoms. The SMILES string of the molecule is CCOC1OC(=O)CC1NC(C)c1ccccc1. The fourth-order valence-electron chi connectivity index (χ4n) is 2.15. The summed E-state index contributed by atoms with van der Waals surface area (Å²) in [4.78, 5) is 11.3. The Morgan fingerprint density at radius 3 is 2.83 bits per heavy atom. The highest BCUT2D eigenvalue weighted by atomic mass is 16.7. The maximum atomic E-state index is 11.3.